The SMILES string of the molecule is CCc1c(O)cc(C(C)=O)c(O)c1CCOC(C)=O. The van der Waals surface area contributed by atoms with Gasteiger partial charge in [0, 0.05) is 24.5 Å². The smallest absolute Gasteiger partial charge is 0.302 e. The highest BCUT2D eigenvalue weighted by Crippen LogP contribution is 2.34. The summed E-state index contributed by atoms with van der Waals surface area (Å²) in [7, 11) is 0. The molecule has 0 aliphatic carbocycles. The van der Waals surface area contributed by atoms with Gasteiger partial charge < -0.3 is 14.9 Å². The number of hydrogen-bond acceptors (Lipinski definition) is 5. The fourth-order valence-corrected chi connectivity index (χ4v) is 1.98. The zero-order valence-electron chi connectivity index (χ0n) is 11.3. The number of ketones is 1. The summed E-state index contributed by atoms with van der Waals surface area (Å²) in [6.07, 6.45) is 0.760. The van der Waals surface area contributed by atoms with Crippen molar-refractivity contribution in [2.75, 3.05) is 6.61 Å². The number of phenols is 2. The second kappa shape index (κ2) is 6.22. The Kier molecular flexibility index (Phi) is 4.92. The third kappa shape index (κ3) is 3.47. The first-order valence-electron chi connectivity index (χ1n) is 6.09. The molecule has 5 heteroatoms. The molecule has 1 aromatic rings. The zero-order valence-corrected chi connectivity index (χ0v) is 11.3. The first-order valence-corrected chi connectivity index (χ1v) is 6.09. The van der Waals surface area contributed by atoms with E-state index in [4.69, 9.17) is 4.74 Å². The van der Waals surface area contributed by atoms with Gasteiger partial charge in [-0.2, -0.15) is 0 Å². The minimum absolute atomic E-state index is 0.0247. The summed E-state index contributed by atoms with van der Waals surface area (Å²) in [4.78, 5) is 22.1. The predicted octanol–water partition coefficient (Wildman–Crippen LogP) is 1.97. The third-order valence-electron chi connectivity index (χ3n) is 2.89. The average Bonchev–Trinajstić information content (AvgIpc) is 2.32. The van der Waals surface area contributed by atoms with E-state index in [0.717, 1.165) is 0 Å². The summed E-state index contributed by atoms with van der Waals surface area (Å²) < 4.78 is 4.82. The molecule has 104 valence electrons. The van der Waals surface area contributed by atoms with E-state index in [1.807, 2.05) is 6.92 Å². The fraction of sp³-hybridized carbons (Fsp3) is 0.429. The van der Waals surface area contributed by atoms with E-state index in [1.54, 1.807) is 0 Å². The van der Waals surface area contributed by atoms with E-state index in [-0.39, 0.29) is 35.9 Å². The van der Waals surface area contributed by atoms with Crippen LogP contribution in [-0.2, 0) is 22.4 Å². The van der Waals surface area contributed by atoms with Crippen LogP contribution in [0.4, 0.5) is 0 Å². The number of carbonyl (C=O) groups is 2. The molecular weight excluding hydrogens is 248 g/mol. The summed E-state index contributed by atoms with van der Waals surface area (Å²) in [5, 5.41) is 20.0. The van der Waals surface area contributed by atoms with Gasteiger partial charge in [0.15, 0.2) is 5.78 Å². The molecule has 0 unspecified atom stereocenters. The van der Waals surface area contributed by atoms with Crippen LogP contribution in [0.15, 0.2) is 6.07 Å². The zero-order chi connectivity index (χ0) is 14.6. The predicted molar refractivity (Wildman–Crippen MR) is 69.5 cm³/mol. The van der Waals surface area contributed by atoms with Gasteiger partial charge in [0.25, 0.3) is 0 Å². The second-order valence-electron chi connectivity index (χ2n) is 4.25. The van der Waals surface area contributed by atoms with Crippen LogP contribution in [0.5, 0.6) is 11.5 Å². The number of esters is 1. The standard InChI is InChI=1S/C14H18O5/c1-4-10-11(5-6-19-9(3)16)14(18)12(8(2)15)7-13(10)17/h7,17-18H,4-6H2,1-3H3. The lowest BCUT2D eigenvalue weighted by Gasteiger charge is -2.14. The van der Waals surface area contributed by atoms with E-state index < -0.39 is 5.97 Å². The van der Waals surface area contributed by atoms with Crippen molar-refractivity contribution in [1.82, 2.24) is 0 Å². The summed E-state index contributed by atoms with van der Waals surface area (Å²) >= 11 is 0. The maximum absolute atomic E-state index is 11.4. The number of phenolic OH excluding ortho intramolecular Hbond substituents is 2. The number of aromatic hydroxyl groups is 2. The molecule has 1 rings (SSSR count). The maximum Gasteiger partial charge on any atom is 0.302 e. The third-order valence-corrected chi connectivity index (χ3v) is 2.89. The Labute approximate surface area is 111 Å². The van der Waals surface area contributed by atoms with E-state index in [2.05, 4.69) is 0 Å². The Hall–Kier alpha value is -2.04. The highest BCUT2D eigenvalue weighted by molar-refractivity contribution is 5.97. The second-order valence-corrected chi connectivity index (χ2v) is 4.25. The Balaban J connectivity index is 3.17. The van der Waals surface area contributed by atoms with Gasteiger partial charge in [-0.15, -0.1) is 0 Å². The molecule has 0 amide bonds. The molecular formula is C14H18O5. The number of carbonyl (C=O) groups excluding carboxylic acids is 2. The van der Waals surface area contributed by atoms with Crippen LogP contribution >= 0.6 is 0 Å². The molecule has 0 aromatic heterocycles. The van der Waals surface area contributed by atoms with Crippen molar-refractivity contribution in [3.63, 3.8) is 0 Å². The molecule has 19 heavy (non-hydrogen) atoms. The molecule has 0 saturated heterocycles. The molecule has 0 fully saturated rings. The Morgan fingerprint density at radius 3 is 2.32 bits per heavy atom. The van der Waals surface area contributed by atoms with Crippen LogP contribution in [-0.4, -0.2) is 28.6 Å². The van der Waals surface area contributed by atoms with Crippen LogP contribution in [0, 0.1) is 0 Å². The minimum Gasteiger partial charge on any atom is -0.508 e. The molecule has 1 aromatic carbocycles. The Morgan fingerprint density at radius 1 is 1.21 bits per heavy atom. The molecule has 0 aliphatic rings. The van der Waals surface area contributed by atoms with E-state index in [9.17, 15) is 19.8 Å². The maximum atomic E-state index is 11.4. The molecule has 0 spiro atoms. The average molecular weight is 266 g/mol. The van der Waals surface area contributed by atoms with Crippen molar-refractivity contribution in [3.8, 4) is 11.5 Å². The van der Waals surface area contributed by atoms with Crippen LogP contribution in [0.25, 0.3) is 0 Å². The van der Waals surface area contributed by atoms with Gasteiger partial charge in [-0.05, 0) is 19.4 Å². The summed E-state index contributed by atoms with van der Waals surface area (Å²) in [5.41, 5.74) is 1.09. The van der Waals surface area contributed by atoms with Crippen molar-refractivity contribution in [3.05, 3.63) is 22.8 Å². The lowest BCUT2D eigenvalue weighted by Crippen LogP contribution is -2.07. The first kappa shape index (κ1) is 15.0. The normalized spacial score (nSPS) is 10.3. The lowest BCUT2D eigenvalue weighted by molar-refractivity contribution is -0.140. The quantitative estimate of drug-likeness (QED) is 0.483. The van der Waals surface area contributed by atoms with E-state index in [1.165, 1.54) is 19.9 Å². The molecule has 0 bridgehead atoms. The van der Waals surface area contributed by atoms with Crippen LogP contribution in [0.1, 0.15) is 42.3 Å². The number of rotatable bonds is 5. The van der Waals surface area contributed by atoms with Gasteiger partial charge in [-0.1, -0.05) is 6.92 Å². The summed E-state index contributed by atoms with van der Waals surface area (Å²) in [6.45, 7) is 4.54. The van der Waals surface area contributed by atoms with Crippen molar-refractivity contribution in [2.45, 2.75) is 33.6 Å². The van der Waals surface area contributed by atoms with E-state index in [0.29, 0.717) is 17.5 Å². The van der Waals surface area contributed by atoms with Gasteiger partial charge in [0.2, 0.25) is 0 Å². The van der Waals surface area contributed by atoms with Gasteiger partial charge in [0.1, 0.15) is 11.5 Å². The minimum atomic E-state index is -0.413. The van der Waals surface area contributed by atoms with Gasteiger partial charge >= 0.3 is 5.97 Å². The summed E-state index contributed by atoms with van der Waals surface area (Å²) in [5.74, 6) is -0.911. The van der Waals surface area contributed by atoms with Crippen molar-refractivity contribution in [1.29, 1.82) is 0 Å². The Bertz CT molecular complexity index is 505. The fourth-order valence-electron chi connectivity index (χ4n) is 1.98. The largest absolute Gasteiger partial charge is 0.508 e. The molecule has 0 radical (unpaired) electrons. The highest BCUT2D eigenvalue weighted by Gasteiger charge is 2.18. The van der Waals surface area contributed by atoms with Gasteiger partial charge in [0.05, 0.1) is 12.2 Å². The summed E-state index contributed by atoms with van der Waals surface area (Å²) in [6, 6.07) is 1.27. The molecule has 0 atom stereocenters. The molecule has 2 N–H and O–H groups in total. The number of hydrogen-bond donors (Lipinski definition) is 2. The molecule has 0 saturated carbocycles. The van der Waals surface area contributed by atoms with Crippen LogP contribution < -0.4 is 0 Å². The monoisotopic (exact) mass is 266 g/mol. The lowest BCUT2D eigenvalue weighted by atomic mass is 9.95. The van der Waals surface area contributed by atoms with Gasteiger partial charge in [-0.3, -0.25) is 9.59 Å². The Morgan fingerprint density at radius 2 is 1.84 bits per heavy atom. The van der Waals surface area contributed by atoms with Crippen molar-refractivity contribution >= 4 is 11.8 Å². The van der Waals surface area contributed by atoms with Gasteiger partial charge in [-0.25, -0.2) is 0 Å². The first-order chi connectivity index (χ1) is 8.88. The van der Waals surface area contributed by atoms with E-state index >= 15 is 0 Å². The van der Waals surface area contributed by atoms with Crippen LogP contribution in [0.3, 0.4) is 0 Å². The topological polar surface area (TPSA) is 83.8 Å². The molecule has 5 nitrogen and oxygen atoms in total. The van der Waals surface area contributed by atoms with Crippen LogP contribution in [0.2, 0.25) is 0 Å². The molecule has 0 aliphatic heterocycles. The number of ether oxygens (including phenoxy) is 1. The van der Waals surface area contributed by atoms with Crippen molar-refractivity contribution < 1.29 is 24.5 Å². The molecule has 0 heterocycles. The highest BCUT2D eigenvalue weighted by atomic mass is 16.5. The number of benzene rings is 1. The van der Waals surface area contributed by atoms with Crippen molar-refractivity contribution in [2.24, 2.45) is 0 Å². The number of Topliss-reactive ketones (excluding diaryl/α,β-unsaturated/α-hetero) is 1.